The highest BCUT2D eigenvalue weighted by atomic mass is 79.9. The standard InChI is InChI=1S/C15H16BrClN2/c1-10(2)19-9-12(6-11(19)3)8-18-13-4-5-14(16)15(17)7-13/h4-10H,1-3H3. The van der Waals surface area contributed by atoms with Crippen molar-refractivity contribution in [3.63, 3.8) is 0 Å². The molecular formula is C15H16BrClN2. The first-order valence-electron chi connectivity index (χ1n) is 6.15. The summed E-state index contributed by atoms with van der Waals surface area (Å²) in [5.74, 6) is 0. The van der Waals surface area contributed by atoms with E-state index < -0.39 is 0 Å². The van der Waals surface area contributed by atoms with E-state index in [0.717, 1.165) is 15.7 Å². The van der Waals surface area contributed by atoms with Gasteiger partial charge < -0.3 is 4.57 Å². The van der Waals surface area contributed by atoms with Crippen molar-refractivity contribution >= 4 is 39.4 Å². The van der Waals surface area contributed by atoms with Crippen molar-refractivity contribution in [1.29, 1.82) is 0 Å². The van der Waals surface area contributed by atoms with Crippen LogP contribution < -0.4 is 0 Å². The monoisotopic (exact) mass is 338 g/mol. The number of benzene rings is 1. The Morgan fingerprint density at radius 1 is 1.32 bits per heavy atom. The molecule has 0 amide bonds. The van der Waals surface area contributed by atoms with Gasteiger partial charge in [-0.2, -0.15) is 0 Å². The number of aliphatic imine (C=N–C) groups is 1. The van der Waals surface area contributed by atoms with Crippen LogP contribution in [0.15, 0.2) is 39.9 Å². The fourth-order valence-electron chi connectivity index (χ4n) is 1.96. The van der Waals surface area contributed by atoms with Gasteiger partial charge in [0, 0.05) is 34.2 Å². The maximum Gasteiger partial charge on any atom is 0.0645 e. The van der Waals surface area contributed by atoms with Crippen LogP contribution in [0.1, 0.15) is 31.1 Å². The lowest BCUT2D eigenvalue weighted by atomic mass is 10.3. The molecule has 1 aromatic heterocycles. The molecule has 2 rings (SSSR count). The van der Waals surface area contributed by atoms with E-state index in [1.165, 1.54) is 5.69 Å². The Bertz CT molecular complexity index is 615. The van der Waals surface area contributed by atoms with Gasteiger partial charge in [-0.05, 0) is 61.0 Å². The Morgan fingerprint density at radius 3 is 2.63 bits per heavy atom. The summed E-state index contributed by atoms with van der Waals surface area (Å²) in [4.78, 5) is 4.45. The molecule has 0 fully saturated rings. The highest BCUT2D eigenvalue weighted by Gasteiger charge is 2.03. The zero-order chi connectivity index (χ0) is 14.0. The third kappa shape index (κ3) is 3.48. The molecule has 1 heterocycles. The van der Waals surface area contributed by atoms with Gasteiger partial charge in [0.15, 0.2) is 0 Å². The third-order valence-electron chi connectivity index (χ3n) is 2.89. The van der Waals surface area contributed by atoms with Gasteiger partial charge in [0.25, 0.3) is 0 Å². The van der Waals surface area contributed by atoms with E-state index in [-0.39, 0.29) is 0 Å². The Labute approximate surface area is 127 Å². The van der Waals surface area contributed by atoms with Crippen molar-refractivity contribution in [3.8, 4) is 0 Å². The van der Waals surface area contributed by atoms with Crippen LogP contribution in [0, 0.1) is 6.92 Å². The van der Waals surface area contributed by atoms with E-state index in [2.05, 4.69) is 58.5 Å². The van der Waals surface area contributed by atoms with E-state index in [1.807, 2.05) is 24.4 Å². The maximum atomic E-state index is 6.04. The quantitative estimate of drug-likeness (QED) is 0.653. The second-order valence-corrected chi connectivity index (χ2v) is 6.03. The highest BCUT2D eigenvalue weighted by Crippen LogP contribution is 2.27. The Hall–Kier alpha value is -1.06. The van der Waals surface area contributed by atoms with Crippen LogP contribution in [0.25, 0.3) is 0 Å². The molecule has 0 aliphatic carbocycles. The highest BCUT2D eigenvalue weighted by molar-refractivity contribution is 9.10. The van der Waals surface area contributed by atoms with Crippen molar-refractivity contribution in [1.82, 2.24) is 4.57 Å². The number of rotatable bonds is 3. The molecule has 19 heavy (non-hydrogen) atoms. The molecule has 0 aliphatic heterocycles. The van der Waals surface area contributed by atoms with Crippen molar-refractivity contribution in [3.05, 3.63) is 51.2 Å². The molecule has 2 aromatic rings. The lowest BCUT2D eigenvalue weighted by Crippen LogP contribution is -2.00. The predicted molar refractivity (Wildman–Crippen MR) is 86.0 cm³/mol. The van der Waals surface area contributed by atoms with Crippen molar-refractivity contribution < 1.29 is 0 Å². The molecule has 0 N–H and O–H groups in total. The summed E-state index contributed by atoms with van der Waals surface area (Å²) in [6.07, 6.45) is 3.98. The van der Waals surface area contributed by atoms with Crippen LogP contribution in [0.4, 0.5) is 5.69 Å². The lowest BCUT2D eigenvalue weighted by molar-refractivity contribution is 0.589. The molecule has 0 bridgehead atoms. The largest absolute Gasteiger partial charge is 0.349 e. The third-order valence-corrected chi connectivity index (χ3v) is 4.13. The fourth-order valence-corrected chi connectivity index (χ4v) is 2.38. The number of aryl methyl sites for hydroxylation is 1. The molecule has 1 aromatic carbocycles. The second kappa shape index (κ2) is 5.93. The van der Waals surface area contributed by atoms with E-state index in [9.17, 15) is 0 Å². The summed E-state index contributed by atoms with van der Waals surface area (Å²) in [7, 11) is 0. The minimum absolute atomic E-state index is 0.462. The molecule has 2 nitrogen and oxygen atoms in total. The van der Waals surface area contributed by atoms with Gasteiger partial charge in [-0.15, -0.1) is 0 Å². The minimum Gasteiger partial charge on any atom is -0.349 e. The predicted octanol–water partition coefficient (Wildman–Crippen LogP) is 5.54. The molecule has 0 radical (unpaired) electrons. The first kappa shape index (κ1) is 14.4. The van der Waals surface area contributed by atoms with Crippen LogP contribution in [0.5, 0.6) is 0 Å². The second-order valence-electron chi connectivity index (χ2n) is 4.77. The zero-order valence-corrected chi connectivity index (χ0v) is 13.5. The molecule has 0 saturated carbocycles. The Morgan fingerprint density at radius 2 is 2.05 bits per heavy atom. The minimum atomic E-state index is 0.462. The normalized spacial score (nSPS) is 11.7. The molecule has 4 heteroatoms. The van der Waals surface area contributed by atoms with Crippen molar-refractivity contribution in [2.45, 2.75) is 26.8 Å². The van der Waals surface area contributed by atoms with E-state index in [1.54, 1.807) is 0 Å². The van der Waals surface area contributed by atoms with Gasteiger partial charge in [-0.1, -0.05) is 11.6 Å². The van der Waals surface area contributed by atoms with E-state index >= 15 is 0 Å². The van der Waals surface area contributed by atoms with Crippen LogP contribution in [0.3, 0.4) is 0 Å². The number of aromatic nitrogens is 1. The van der Waals surface area contributed by atoms with Crippen molar-refractivity contribution in [2.24, 2.45) is 4.99 Å². The first-order chi connectivity index (χ1) is 8.97. The van der Waals surface area contributed by atoms with Crippen molar-refractivity contribution in [2.75, 3.05) is 0 Å². The van der Waals surface area contributed by atoms with E-state index in [0.29, 0.717) is 11.1 Å². The zero-order valence-electron chi connectivity index (χ0n) is 11.2. The lowest BCUT2D eigenvalue weighted by Gasteiger charge is -2.08. The SMILES string of the molecule is Cc1cc(C=Nc2ccc(Br)c(Cl)c2)cn1C(C)C. The molecule has 0 aliphatic rings. The first-order valence-corrected chi connectivity index (χ1v) is 7.32. The smallest absolute Gasteiger partial charge is 0.0645 e. The molecule has 0 unspecified atom stereocenters. The van der Waals surface area contributed by atoms with Gasteiger partial charge in [0.1, 0.15) is 0 Å². The molecule has 100 valence electrons. The molecule has 0 atom stereocenters. The maximum absolute atomic E-state index is 6.04. The summed E-state index contributed by atoms with van der Waals surface area (Å²) >= 11 is 9.41. The summed E-state index contributed by atoms with van der Waals surface area (Å²) < 4.78 is 3.12. The Balaban J connectivity index is 2.22. The summed E-state index contributed by atoms with van der Waals surface area (Å²) in [5.41, 5.74) is 3.19. The summed E-state index contributed by atoms with van der Waals surface area (Å²) in [6, 6.07) is 8.26. The Kier molecular flexibility index (Phi) is 4.48. The van der Waals surface area contributed by atoms with Crippen LogP contribution in [0.2, 0.25) is 5.02 Å². The molecule has 0 saturated heterocycles. The number of hydrogen-bond donors (Lipinski definition) is 0. The summed E-state index contributed by atoms with van der Waals surface area (Å²) in [6.45, 7) is 6.44. The fraction of sp³-hybridized carbons (Fsp3) is 0.267. The van der Waals surface area contributed by atoms with Crippen LogP contribution in [-0.2, 0) is 0 Å². The topological polar surface area (TPSA) is 17.3 Å². The number of nitrogens with zero attached hydrogens (tertiary/aromatic N) is 2. The van der Waals surface area contributed by atoms with Gasteiger partial charge in [-0.3, -0.25) is 4.99 Å². The van der Waals surface area contributed by atoms with Gasteiger partial charge >= 0.3 is 0 Å². The number of hydrogen-bond acceptors (Lipinski definition) is 1. The van der Waals surface area contributed by atoms with E-state index in [4.69, 9.17) is 11.6 Å². The van der Waals surface area contributed by atoms with Gasteiger partial charge in [0.2, 0.25) is 0 Å². The average molecular weight is 340 g/mol. The van der Waals surface area contributed by atoms with Gasteiger partial charge in [-0.25, -0.2) is 0 Å². The summed E-state index contributed by atoms with van der Waals surface area (Å²) in [5, 5.41) is 0.672. The van der Waals surface area contributed by atoms with Crippen LogP contribution >= 0.6 is 27.5 Å². The number of halogens is 2. The van der Waals surface area contributed by atoms with Gasteiger partial charge in [0.05, 0.1) is 10.7 Å². The average Bonchev–Trinajstić information content (AvgIpc) is 2.72. The molecule has 0 spiro atoms. The van der Waals surface area contributed by atoms with Crippen LogP contribution in [-0.4, -0.2) is 10.8 Å². The molecular weight excluding hydrogens is 324 g/mol.